The predicted molar refractivity (Wildman–Crippen MR) is 162 cm³/mol. The lowest BCUT2D eigenvalue weighted by molar-refractivity contribution is -0.396. The number of phenols is 1. The quantitative estimate of drug-likeness (QED) is 0.141. The van der Waals surface area contributed by atoms with Gasteiger partial charge in [0.05, 0.1) is 5.60 Å². The highest BCUT2D eigenvalue weighted by molar-refractivity contribution is 5.41. The molecule has 1 aromatic rings. The van der Waals surface area contributed by atoms with E-state index < -0.39 is 54.0 Å². The number of nitrogens with zero attached hydrogens (tertiary/aromatic N) is 1. The Morgan fingerprint density at radius 2 is 1.46 bits per heavy atom. The van der Waals surface area contributed by atoms with Crippen molar-refractivity contribution in [3.8, 4) is 5.75 Å². The second-order valence-corrected chi connectivity index (χ2v) is 15.2. The molecule has 0 aliphatic heterocycles. The van der Waals surface area contributed by atoms with Gasteiger partial charge < -0.3 is 15.1 Å². The van der Waals surface area contributed by atoms with Gasteiger partial charge in [-0.15, -0.1) is 0 Å². The maximum absolute atomic E-state index is 16.1. The molecule has 0 bridgehead atoms. The molecule has 3 aliphatic rings. The number of aliphatic hydroxyl groups is 1. The first-order valence-corrected chi connectivity index (χ1v) is 17.1. The van der Waals surface area contributed by atoms with Gasteiger partial charge in [-0.05, 0) is 119 Å². The summed E-state index contributed by atoms with van der Waals surface area (Å²) in [5.74, 6) is -18.5. The van der Waals surface area contributed by atoms with Crippen LogP contribution in [0, 0.1) is 23.2 Å². The van der Waals surface area contributed by atoms with Crippen LogP contribution in [0.3, 0.4) is 0 Å². The minimum absolute atomic E-state index is 0.0171. The number of halogens is 10. The van der Waals surface area contributed by atoms with Gasteiger partial charge in [-0.25, -0.2) is 4.39 Å². The third-order valence-electron chi connectivity index (χ3n) is 12.0. The second kappa shape index (κ2) is 14.1. The monoisotopic (exact) mass is 705 g/mol. The minimum atomic E-state index is -6.84. The third kappa shape index (κ3) is 7.33. The molecule has 1 aromatic carbocycles. The number of benzene rings is 1. The summed E-state index contributed by atoms with van der Waals surface area (Å²) in [4.78, 5) is 2.03. The van der Waals surface area contributed by atoms with Gasteiger partial charge in [0.1, 0.15) is 11.9 Å². The van der Waals surface area contributed by atoms with Crippen molar-refractivity contribution in [2.75, 3.05) is 20.1 Å². The summed E-state index contributed by atoms with van der Waals surface area (Å²) in [6, 6.07) is 5.25. The summed E-state index contributed by atoms with van der Waals surface area (Å²) >= 11 is 0. The smallest absolute Gasteiger partial charge is 0.460 e. The van der Waals surface area contributed by atoms with Gasteiger partial charge in [0.25, 0.3) is 0 Å². The maximum Gasteiger partial charge on any atom is 0.460 e. The molecule has 2 saturated carbocycles. The van der Waals surface area contributed by atoms with E-state index in [1.165, 1.54) is 0 Å². The first-order chi connectivity index (χ1) is 22.1. The maximum atomic E-state index is 16.1. The van der Waals surface area contributed by atoms with Crippen molar-refractivity contribution in [3.63, 3.8) is 0 Å². The number of fused-ring (bicyclic) bond motifs is 5. The van der Waals surface area contributed by atoms with Crippen LogP contribution in [0.25, 0.3) is 0 Å². The molecule has 48 heavy (non-hydrogen) atoms. The van der Waals surface area contributed by atoms with Crippen molar-refractivity contribution in [1.29, 1.82) is 0 Å². The zero-order valence-electron chi connectivity index (χ0n) is 27.8. The van der Waals surface area contributed by atoms with E-state index in [1.807, 2.05) is 31.9 Å². The molecule has 0 spiro atoms. The summed E-state index contributed by atoms with van der Waals surface area (Å²) in [7, 11) is 1.87. The summed E-state index contributed by atoms with van der Waals surface area (Å²) in [5, 5.41) is 21.4. The highest BCUT2D eigenvalue weighted by Crippen LogP contribution is 2.66. The lowest BCUT2D eigenvalue weighted by Crippen LogP contribution is -2.60. The Kier molecular flexibility index (Phi) is 11.5. The number of phenolic OH excluding ortho intramolecular Hbond substituents is 1. The van der Waals surface area contributed by atoms with Crippen LogP contribution < -0.4 is 0 Å². The van der Waals surface area contributed by atoms with Gasteiger partial charge in [-0.3, -0.25) is 0 Å². The van der Waals surface area contributed by atoms with E-state index in [1.54, 1.807) is 12.1 Å². The molecule has 0 saturated heterocycles. The SMILES string of the molecule is CN(CCCCCCC(F)(F)C(F)(F)C(F)(F)C(F)(F)F)CCCCC[C@@H]1Cc2cc(O)ccc2[C@H]2[C@@H]1[C@@H]1CC[C@](C)(O)[C@@]1(C)C[C@@H]2F. The molecule has 3 aliphatic carbocycles. The number of unbranched alkanes of at least 4 members (excludes halogenated alkanes) is 5. The van der Waals surface area contributed by atoms with Gasteiger partial charge in [0.2, 0.25) is 0 Å². The highest BCUT2D eigenvalue weighted by Gasteiger charge is 2.81. The first kappa shape index (κ1) is 39.0. The average Bonchev–Trinajstić information content (AvgIpc) is 3.21. The van der Waals surface area contributed by atoms with Crippen LogP contribution in [-0.4, -0.2) is 71.0 Å². The molecular weight excluding hydrogens is 656 g/mol. The van der Waals surface area contributed by atoms with Crippen LogP contribution in [0.1, 0.15) is 108 Å². The summed E-state index contributed by atoms with van der Waals surface area (Å²) in [6.07, 6.45) is -3.30. The van der Waals surface area contributed by atoms with E-state index in [9.17, 15) is 49.7 Å². The lowest BCUT2D eigenvalue weighted by Gasteiger charge is -2.56. The van der Waals surface area contributed by atoms with E-state index >= 15 is 4.39 Å². The summed E-state index contributed by atoms with van der Waals surface area (Å²) in [5.41, 5.74) is 0.544. The molecule has 0 unspecified atom stereocenters. The van der Waals surface area contributed by atoms with E-state index in [2.05, 4.69) is 0 Å². The van der Waals surface area contributed by atoms with Crippen molar-refractivity contribution in [1.82, 2.24) is 4.90 Å². The molecule has 3 nitrogen and oxygen atoms in total. The molecule has 0 radical (unpaired) electrons. The van der Waals surface area contributed by atoms with Gasteiger partial charge in [-0.1, -0.05) is 38.7 Å². The van der Waals surface area contributed by atoms with Gasteiger partial charge >= 0.3 is 23.9 Å². The van der Waals surface area contributed by atoms with Crippen LogP contribution in [0.15, 0.2) is 18.2 Å². The fraction of sp³-hybridized carbons (Fsp3) is 0.829. The minimum Gasteiger partial charge on any atom is -0.508 e. The molecule has 7 atom stereocenters. The first-order valence-electron chi connectivity index (χ1n) is 17.1. The molecule has 0 amide bonds. The van der Waals surface area contributed by atoms with Crippen molar-refractivity contribution in [2.24, 2.45) is 23.2 Å². The van der Waals surface area contributed by atoms with E-state index in [4.69, 9.17) is 0 Å². The van der Waals surface area contributed by atoms with Crippen molar-refractivity contribution in [3.05, 3.63) is 29.3 Å². The zero-order chi connectivity index (χ0) is 35.9. The third-order valence-corrected chi connectivity index (χ3v) is 12.0. The summed E-state index contributed by atoms with van der Waals surface area (Å²) < 4.78 is 133. The van der Waals surface area contributed by atoms with Crippen molar-refractivity contribution < 1.29 is 54.1 Å². The average molecular weight is 706 g/mol. The Bertz CT molecular complexity index is 1240. The standard InChI is InChI=1S/C35H49F10NO2/c1-30-21-27(36)29-25-13-12-24(47)20-23(25)19-22(28(29)26(30)14-16-31(30,2)48)11-7-6-10-18-46(3)17-9-5-4-8-15-32(37,38)33(39,40)34(41,42)35(43,44)45/h12-13,20,22,26-29,47-48H,4-11,14-19,21H2,1-3H3/t22-,26+,27+,28+,29-,30+,31+/m1/s1. The molecule has 13 heteroatoms. The van der Waals surface area contributed by atoms with Crippen LogP contribution in [0.2, 0.25) is 0 Å². The number of rotatable bonds is 15. The molecule has 276 valence electrons. The predicted octanol–water partition coefficient (Wildman–Crippen LogP) is 10.1. The Labute approximate surface area is 276 Å². The van der Waals surface area contributed by atoms with E-state index in [0.717, 1.165) is 56.2 Å². The van der Waals surface area contributed by atoms with Crippen LogP contribution in [-0.2, 0) is 6.42 Å². The number of hydrogen-bond donors (Lipinski definition) is 2. The lowest BCUT2D eigenvalue weighted by atomic mass is 9.50. The fourth-order valence-electron chi connectivity index (χ4n) is 9.01. The van der Waals surface area contributed by atoms with Gasteiger partial charge in [-0.2, -0.15) is 39.5 Å². The Hall–Kier alpha value is -1.76. The van der Waals surface area contributed by atoms with Gasteiger partial charge in [0, 0.05) is 17.8 Å². The Balaban J connectivity index is 1.21. The molecule has 0 aromatic heterocycles. The van der Waals surface area contributed by atoms with Gasteiger partial charge in [0.15, 0.2) is 0 Å². The van der Waals surface area contributed by atoms with E-state index in [-0.39, 0.29) is 35.8 Å². The van der Waals surface area contributed by atoms with Crippen LogP contribution >= 0.6 is 0 Å². The number of hydrogen-bond acceptors (Lipinski definition) is 3. The van der Waals surface area contributed by atoms with E-state index in [0.29, 0.717) is 32.2 Å². The Morgan fingerprint density at radius 1 is 0.854 bits per heavy atom. The topological polar surface area (TPSA) is 43.7 Å². The largest absolute Gasteiger partial charge is 0.508 e. The normalized spacial score (nSPS) is 31.1. The molecule has 0 heterocycles. The number of aromatic hydroxyl groups is 1. The van der Waals surface area contributed by atoms with Crippen LogP contribution in [0.5, 0.6) is 5.75 Å². The highest BCUT2D eigenvalue weighted by atomic mass is 19.4. The molecule has 2 fully saturated rings. The Morgan fingerprint density at radius 3 is 2.08 bits per heavy atom. The molecular formula is C35H49F10NO2. The second-order valence-electron chi connectivity index (χ2n) is 15.2. The molecule has 4 rings (SSSR count). The van der Waals surface area contributed by atoms with Crippen molar-refractivity contribution >= 4 is 0 Å². The fourth-order valence-corrected chi connectivity index (χ4v) is 9.01. The summed E-state index contributed by atoms with van der Waals surface area (Å²) in [6.45, 7) is 5.19. The number of alkyl halides is 10. The zero-order valence-corrected chi connectivity index (χ0v) is 27.8. The van der Waals surface area contributed by atoms with Crippen LogP contribution in [0.4, 0.5) is 43.9 Å². The van der Waals surface area contributed by atoms with Crippen molar-refractivity contribution in [2.45, 2.75) is 139 Å². The molecule has 2 N–H and O–H groups in total.